The first-order valence-corrected chi connectivity index (χ1v) is 10.0. The van der Waals surface area contributed by atoms with Crippen LogP contribution in [-0.2, 0) is 7.05 Å². The summed E-state index contributed by atoms with van der Waals surface area (Å²) in [5.74, 6) is -0.519. The van der Waals surface area contributed by atoms with Gasteiger partial charge < -0.3 is 0 Å². The normalized spacial score (nSPS) is 14.6. The van der Waals surface area contributed by atoms with E-state index >= 15 is 0 Å². The number of hydrogen-bond donors (Lipinski definition) is 0. The molecule has 8 heteroatoms. The van der Waals surface area contributed by atoms with Crippen LogP contribution >= 0.6 is 12.4 Å². The van der Waals surface area contributed by atoms with Crippen LogP contribution in [0.2, 0.25) is 0 Å². The van der Waals surface area contributed by atoms with E-state index in [4.69, 9.17) is 0 Å². The lowest BCUT2D eigenvalue weighted by molar-refractivity contribution is 0.318. The molecule has 3 heterocycles. The molecule has 1 aliphatic heterocycles. The number of hydrogen-bond acceptors (Lipinski definition) is 4. The van der Waals surface area contributed by atoms with Gasteiger partial charge in [0.25, 0.3) is 0 Å². The second-order valence-corrected chi connectivity index (χ2v) is 7.63. The summed E-state index contributed by atoms with van der Waals surface area (Å²) in [4.78, 5) is 11.1. The van der Waals surface area contributed by atoms with E-state index in [0.29, 0.717) is 21.9 Å². The van der Waals surface area contributed by atoms with Gasteiger partial charge in [-0.25, -0.2) is 18.7 Å². The summed E-state index contributed by atoms with van der Waals surface area (Å²) in [5, 5.41) is 5.37. The Hall–Kier alpha value is -2.90. The quantitative estimate of drug-likeness (QED) is 0.449. The van der Waals surface area contributed by atoms with Crippen molar-refractivity contribution in [2.75, 3.05) is 19.6 Å². The molecule has 1 aliphatic rings. The van der Waals surface area contributed by atoms with E-state index in [0.717, 1.165) is 37.2 Å². The molecule has 0 saturated heterocycles. The van der Waals surface area contributed by atoms with E-state index in [2.05, 4.69) is 33.0 Å². The third-order valence-electron chi connectivity index (χ3n) is 5.79. The predicted molar refractivity (Wildman–Crippen MR) is 121 cm³/mol. The number of nitrogens with zero attached hydrogens (tertiary/aromatic N) is 5. The molecule has 5 nitrogen and oxygen atoms in total. The van der Waals surface area contributed by atoms with Crippen LogP contribution in [0.5, 0.6) is 0 Å². The summed E-state index contributed by atoms with van der Waals surface area (Å²) in [6.07, 6.45) is 6.25. The first-order valence-electron chi connectivity index (χ1n) is 10.0. The SMILES string of the molecule is CCN1CC=C(c2cc(F)c3nc(-c4cc(F)c5c(cnn5C)c4)ncc3c2)CC1.Cl. The highest BCUT2D eigenvalue weighted by Crippen LogP contribution is 2.29. The second kappa shape index (κ2) is 8.32. The Kier molecular flexibility index (Phi) is 5.73. The third-order valence-corrected chi connectivity index (χ3v) is 5.79. The minimum atomic E-state index is -0.410. The summed E-state index contributed by atoms with van der Waals surface area (Å²) in [6.45, 7) is 5.00. The van der Waals surface area contributed by atoms with Crippen molar-refractivity contribution < 1.29 is 8.78 Å². The Morgan fingerprint density at radius 1 is 1.00 bits per heavy atom. The van der Waals surface area contributed by atoms with Crippen LogP contribution in [0.25, 0.3) is 38.8 Å². The molecule has 2 aromatic carbocycles. The van der Waals surface area contributed by atoms with E-state index < -0.39 is 11.6 Å². The van der Waals surface area contributed by atoms with Gasteiger partial charge in [-0.3, -0.25) is 9.58 Å². The summed E-state index contributed by atoms with van der Waals surface area (Å²) >= 11 is 0. The van der Waals surface area contributed by atoms with E-state index in [-0.39, 0.29) is 23.7 Å². The zero-order valence-corrected chi connectivity index (χ0v) is 18.1. The Balaban J connectivity index is 0.00000231. The summed E-state index contributed by atoms with van der Waals surface area (Å²) in [6, 6.07) is 6.60. The molecule has 160 valence electrons. The zero-order chi connectivity index (χ0) is 20.8. The zero-order valence-electron chi connectivity index (χ0n) is 17.3. The fourth-order valence-corrected chi connectivity index (χ4v) is 4.08. The highest BCUT2D eigenvalue weighted by Gasteiger charge is 2.16. The molecule has 5 rings (SSSR count). The van der Waals surface area contributed by atoms with Crippen molar-refractivity contribution >= 4 is 39.8 Å². The first kappa shape index (κ1) is 21.3. The molecule has 0 unspecified atom stereocenters. The lowest BCUT2D eigenvalue weighted by Gasteiger charge is -2.25. The topological polar surface area (TPSA) is 46.8 Å². The van der Waals surface area contributed by atoms with E-state index in [1.165, 1.54) is 16.8 Å². The largest absolute Gasteiger partial charge is 0.300 e. The van der Waals surface area contributed by atoms with E-state index in [1.807, 2.05) is 6.07 Å². The van der Waals surface area contributed by atoms with Crippen molar-refractivity contribution in [3.05, 3.63) is 59.9 Å². The van der Waals surface area contributed by atoms with Crippen molar-refractivity contribution in [2.45, 2.75) is 13.3 Å². The van der Waals surface area contributed by atoms with Crippen molar-refractivity contribution in [1.82, 2.24) is 24.6 Å². The lowest BCUT2D eigenvalue weighted by Crippen LogP contribution is -2.28. The molecule has 0 bridgehead atoms. The van der Waals surface area contributed by atoms with Crippen molar-refractivity contribution in [3.8, 4) is 11.4 Å². The number of rotatable bonds is 3. The molecular formula is C23H22ClF2N5. The number of likely N-dealkylation sites (N-methyl/N-ethyl adjacent to an activating group) is 1. The van der Waals surface area contributed by atoms with Gasteiger partial charge in [-0.15, -0.1) is 12.4 Å². The molecule has 0 aliphatic carbocycles. The highest BCUT2D eigenvalue weighted by atomic mass is 35.5. The van der Waals surface area contributed by atoms with Gasteiger partial charge in [0.15, 0.2) is 5.82 Å². The van der Waals surface area contributed by atoms with Crippen molar-refractivity contribution in [2.24, 2.45) is 7.05 Å². The molecule has 0 spiro atoms. The van der Waals surface area contributed by atoms with Crippen LogP contribution in [0.3, 0.4) is 0 Å². The minimum absolute atomic E-state index is 0. The average Bonchev–Trinajstić information content (AvgIpc) is 3.14. The summed E-state index contributed by atoms with van der Waals surface area (Å²) < 4.78 is 31.0. The van der Waals surface area contributed by atoms with Gasteiger partial charge in [0, 0.05) is 42.7 Å². The third kappa shape index (κ3) is 3.79. The molecule has 0 fully saturated rings. The highest BCUT2D eigenvalue weighted by molar-refractivity contribution is 5.87. The molecule has 0 atom stereocenters. The van der Waals surface area contributed by atoms with Gasteiger partial charge in [-0.05, 0) is 48.4 Å². The Labute approximate surface area is 184 Å². The first-order chi connectivity index (χ1) is 14.5. The Morgan fingerprint density at radius 3 is 2.52 bits per heavy atom. The van der Waals surface area contributed by atoms with Gasteiger partial charge in [-0.1, -0.05) is 13.0 Å². The lowest BCUT2D eigenvalue weighted by atomic mass is 9.98. The van der Waals surface area contributed by atoms with Gasteiger partial charge in [0.2, 0.25) is 0 Å². The second-order valence-electron chi connectivity index (χ2n) is 7.63. The Bertz CT molecular complexity index is 1310. The van der Waals surface area contributed by atoms with E-state index in [9.17, 15) is 8.78 Å². The van der Waals surface area contributed by atoms with Crippen LogP contribution in [0.15, 0.2) is 42.7 Å². The molecule has 2 aromatic heterocycles. The van der Waals surface area contributed by atoms with Gasteiger partial charge in [0.1, 0.15) is 22.7 Å². The number of halogens is 3. The van der Waals surface area contributed by atoms with Gasteiger partial charge in [0.05, 0.1) is 6.20 Å². The number of benzene rings is 2. The number of aromatic nitrogens is 4. The monoisotopic (exact) mass is 441 g/mol. The molecule has 0 radical (unpaired) electrons. The van der Waals surface area contributed by atoms with Gasteiger partial charge >= 0.3 is 0 Å². The van der Waals surface area contributed by atoms with Crippen LogP contribution in [-0.4, -0.2) is 44.3 Å². The maximum atomic E-state index is 15.0. The van der Waals surface area contributed by atoms with Crippen molar-refractivity contribution in [3.63, 3.8) is 0 Å². The molecule has 31 heavy (non-hydrogen) atoms. The predicted octanol–water partition coefficient (Wildman–Crippen LogP) is 4.99. The fraction of sp³-hybridized carbons (Fsp3) is 0.261. The standard InChI is InChI=1S/C23H21F2N5.ClH/c1-3-30-6-4-14(5-7-30)15-8-17-12-26-23(28-21(17)19(24)10-15)16-9-18-13-27-29(2)22(18)20(25)11-16;/h4,8-13H,3,5-7H2,1-2H3;1H. The van der Waals surface area contributed by atoms with Crippen molar-refractivity contribution in [1.29, 1.82) is 0 Å². The summed E-state index contributed by atoms with van der Waals surface area (Å²) in [5.41, 5.74) is 3.16. The smallest absolute Gasteiger partial charge is 0.160 e. The van der Waals surface area contributed by atoms with Gasteiger partial charge in [-0.2, -0.15) is 5.10 Å². The summed E-state index contributed by atoms with van der Waals surface area (Å²) in [7, 11) is 1.69. The average molecular weight is 442 g/mol. The Morgan fingerprint density at radius 2 is 1.77 bits per heavy atom. The van der Waals surface area contributed by atoms with Crippen LogP contribution in [0.4, 0.5) is 8.78 Å². The maximum absolute atomic E-state index is 15.0. The number of fused-ring (bicyclic) bond motifs is 2. The fourth-order valence-electron chi connectivity index (χ4n) is 4.08. The molecule has 0 saturated carbocycles. The van der Waals surface area contributed by atoms with Crippen LogP contribution in [0, 0.1) is 11.6 Å². The van der Waals surface area contributed by atoms with E-state index in [1.54, 1.807) is 25.5 Å². The maximum Gasteiger partial charge on any atom is 0.160 e. The molecule has 0 N–H and O–H groups in total. The molecule has 4 aromatic rings. The number of aryl methyl sites for hydroxylation is 1. The van der Waals surface area contributed by atoms with Crippen LogP contribution in [0.1, 0.15) is 18.9 Å². The minimum Gasteiger partial charge on any atom is -0.300 e. The molecular weight excluding hydrogens is 420 g/mol. The van der Waals surface area contributed by atoms with Crippen LogP contribution < -0.4 is 0 Å². The molecule has 0 amide bonds.